The van der Waals surface area contributed by atoms with Gasteiger partial charge in [-0.3, -0.25) is 0 Å². The summed E-state index contributed by atoms with van der Waals surface area (Å²) < 4.78 is 1.91. The Morgan fingerprint density at radius 2 is 1.95 bits per heavy atom. The van der Waals surface area contributed by atoms with Crippen LogP contribution in [0.4, 0.5) is 0 Å². The molecule has 2 heterocycles. The molecule has 0 radical (unpaired) electrons. The Morgan fingerprint density at radius 1 is 1.18 bits per heavy atom. The summed E-state index contributed by atoms with van der Waals surface area (Å²) in [5.41, 5.74) is 4.77. The number of hydrogen-bond donors (Lipinski definition) is 1. The van der Waals surface area contributed by atoms with Gasteiger partial charge in [-0.05, 0) is 32.3 Å². The van der Waals surface area contributed by atoms with Crippen LogP contribution in [0.1, 0.15) is 42.6 Å². The number of aromatic nitrogens is 3. The molecule has 0 spiro atoms. The second-order valence-electron chi connectivity index (χ2n) is 6.21. The first-order valence-electron chi connectivity index (χ1n) is 7.82. The van der Waals surface area contributed by atoms with E-state index in [9.17, 15) is 0 Å². The first kappa shape index (κ1) is 13.5. The molecule has 4 rings (SSSR count). The molecule has 1 aromatic carbocycles. The van der Waals surface area contributed by atoms with Crippen molar-refractivity contribution < 1.29 is 0 Å². The van der Waals surface area contributed by atoms with Crippen molar-refractivity contribution >= 4 is 5.65 Å². The molecule has 2 aromatic heterocycles. The average Bonchev–Trinajstić information content (AvgIpc) is 3.15. The van der Waals surface area contributed by atoms with Gasteiger partial charge >= 0.3 is 0 Å². The van der Waals surface area contributed by atoms with Crippen LogP contribution in [0.25, 0.3) is 5.65 Å². The summed E-state index contributed by atoms with van der Waals surface area (Å²) in [6.45, 7) is 4.32. The van der Waals surface area contributed by atoms with E-state index in [4.69, 9.17) is 0 Å². The average molecular weight is 292 g/mol. The summed E-state index contributed by atoms with van der Waals surface area (Å²) in [7, 11) is 0. The van der Waals surface area contributed by atoms with Gasteiger partial charge in [0.2, 0.25) is 0 Å². The fraction of sp³-hybridized carbons (Fsp3) is 0.333. The summed E-state index contributed by atoms with van der Waals surface area (Å²) in [5, 5.41) is 8.17. The zero-order chi connectivity index (χ0) is 15.2. The van der Waals surface area contributed by atoms with Crippen LogP contribution in [0, 0.1) is 6.92 Å². The van der Waals surface area contributed by atoms with Crippen LogP contribution in [-0.2, 0) is 5.54 Å². The molecule has 1 unspecified atom stereocenters. The van der Waals surface area contributed by atoms with E-state index in [0.717, 1.165) is 11.3 Å². The highest BCUT2D eigenvalue weighted by atomic mass is 15.2. The number of aryl methyl sites for hydroxylation is 1. The van der Waals surface area contributed by atoms with Gasteiger partial charge in [0.25, 0.3) is 0 Å². The van der Waals surface area contributed by atoms with Crippen LogP contribution in [-0.4, -0.2) is 14.6 Å². The van der Waals surface area contributed by atoms with Crippen molar-refractivity contribution in [1.29, 1.82) is 0 Å². The third kappa shape index (κ3) is 2.11. The molecule has 112 valence electrons. The van der Waals surface area contributed by atoms with Crippen molar-refractivity contribution in [2.45, 2.75) is 38.3 Å². The molecule has 1 atom stereocenters. The molecule has 22 heavy (non-hydrogen) atoms. The first-order chi connectivity index (χ1) is 10.7. The van der Waals surface area contributed by atoms with Crippen molar-refractivity contribution in [3.8, 4) is 0 Å². The third-order valence-corrected chi connectivity index (χ3v) is 4.73. The van der Waals surface area contributed by atoms with Gasteiger partial charge in [0.15, 0.2) is 5.65 Å². The van der Waals surface area contributed by atoms with Crippen molar-refractivity contribution in [2.75, 3.05) is 0 Å². The molecule has 0 bridgehead atoms. The zero-order valence-electron chi connectivity index (χ0n) is 13.0. The molecule has 0 saturated heterocycles. The van der Waals surface area contributed by atoms with Crippen molar-refractivity contribution in [2.24, 2.45) is 0 Å². The fourth-order valence-electron chi connectivity index (χ4n) is 3.32. The molecule has 1 aliphatic rings. The maximum Gasteiger partial charge on any atom is 0.155 e. The standard InChI is InChI=1S/C18H20N4/c1-13(16-12-19-17-8-11-20-22(17)14(16)2)21-18(9-10-18)15-6-4-3-5-7-15/h3-8,11-13,21H,9-10H2,1-2H3. The molecular weight excluding hydrogens is 272 g/mol. The van der Waals surface area contributed by atoms with E-state index >= 15 is 0 Å². The largest absolute Gasteiger partial charge is 0.301 e. The Hall–Kier alpha value is -2.20. The summed E-state index contributed by atoms with van der Waals surface area (Å²) in [6.07, 6.45) is 6.16. The lowest BCUT2D eigenvalue weighted by Crippen LogP contribution is -2.32. The van der Waals surface area contributed by atoms with Gasteiger partial charge in [0.1, 0.15) is 0 Å². The van der Waals surface area contributed by atoms with Gasteiger partial charge < -0.3 is 5.32 Å². The number of nitrogens with zero attached hydrogens (tertiary/aromatic N) is 3. The lowest BCUT2D eigenvalue weighted by molar-refractivity contribution is 0.447. The van der Waals surface area contributed by atoms with Crippen LogP contribution < -0.4 is 5.32 Å². The summed E-state index contributed by atoms with van der Waals surface area (Å²) in [5.74, 6) is 0. The van der Waals surface area contributed by atoms with E-state index in [0.29, 0.717) is 0 Å². The maximum absolute atomic E-state index is 4.51. The summed E-state index contributed by atoms with van der Waals surface area (Å²) in [4.78, 5) is 4.51. The van der Waals surface area contributed by atoms with E-state index in [1.54, 1.807) is 6.20 Å². The highest BCUT2D eigenvalue weighted by molar-refractivity contribution is 5.40. The van der Waals surface area contributed by atoms with Crippen molar-refractivity contribution in [3.05, 3.63) is 65.6 Å². The van der Waals surface area contributed by atoms with Crippen LogP contribution >= 0.6 is 0 Å². The molecule has 1 fully saturated rings. The number of nitrogens with one attached hydrogen (secondary N) is 1. The molecule has 1 N–H and O–H groups in total. The van der Waals surface area contributed by atoms with Gasteiger partial charge in [-0.25, -0.2) is 9.50 Å². The molecule has 3 aromatic rings. The summed E-state index contributed by atoms with van der Waals surface area (Å²) >= 11 is 0. The van der Waals surface area contributed by atoms with Crippen LogP contribution in [0.2, 0.25) is 0 Å². The number of hydrogen-bond acceptors (Lipinski definition) is 3. The highest BCUT2D eigenvalue weighted by Gasteiger charge is 2.45. The van der Waals surface area contributed by atoms with E-state index < -0.39 is 0 Å². The minimum Gasteiger partial charge on any atom is -0.301 e. The number of rotatable bonds is 4. The predicted molar refractivity (Wildman–Crippen MR) is 86.6 cm³/mol. The van der Waals surface area contributed by atoms with Gasteiger partial charge in [-0.1, -0.05) is 30.3 Å². The lowest BCUT2D eigenvalue weighted by Gasteiger charge is -2.24. The van der Waals surface area contributed by atoms with Crippen LogP contribution in [0.5, 0.6) is 0 Å². The van der Waals surface area contributed by atoms with Gasteiger partial charge in [-0.2, -0.15) is 5.10 Å². The Labute approximate surface area is 130 Å². The lowest BCUT2D eigenvalue weighted by atomic mass is 10.0. The Bertz CT molecular complexity index is 802. The SMILES string of the molecule is Cc1c(C(C)NC2(c3ccccc3)CC2)cnc2ccnn12. The highest BCUT2D eigenvalue weighted by Crippen LogP contribution is 2.47. The number of fused-ring (bicyclic) bond motifs is 1. The smallest absolute Gasteiger partial charge is 0.155 e. The molecule has 0 aliphatic heterocycles. The minimum atomic E-state index is 0.131. The van der Waals surface area contributed by atoms with E-state index in [1.165, 1.54) is 24.0 Å². The third-order valence-electron chi connectivity index (χ3n) is 4.73. The molecule has 1 aliphatic carbocycles. The van der Waals surface area contributed by atoms with Crippen LogP contribution in [0.3, 0.4) is 0 Å². The Morgan fingerprint density at radius 3 is 2.68 bits per heavy atom. The maximum atomic E-state index is 4.51. The topological polar surface area (TPSA) is 42.2 Å². The van der Waals surface area contributed by atoms with E-state index in [1.807, 2.05) is 16.8 Å². The van der Waals surface area contributed by atoms with Gasteiger partial charge in [0.05, 0.1) is 6.20 Å². The second-order valence-corrected chi connectivity index (χ2v) is 6.21. The summed E-state index contributed by atoms with van der Waals surface area (Å²) in [6, 6.07) is 12.9. The van der Waals surface area contributed by atoms with Gasteiger partial charge in [0, 0.05) is 35.1 Å². The van der Waals surface area contributed by atoms with Crippen molar-refractivity contribution in [3.63, 3.8) is 0 Å². The van der Waals surface area contributed by atoms with Crippen LogP contribution in [0.15, 0.2) is 48.8 Å². The normalized spacial score (nSPS) is 17.5. The monoisotopic (exact) mass is 292 g/mol. The van der Waals surface area contributed by atoms with E-state index in [-0.39, 0.29) is 11.6 Å². The molecule has 1 saturated carbocycles. The molecule has 4 nitrogen and oxygen atoms in total. The minimum absolute atomic E-state index is 0.131. The quantitative estimate of drug-likeness (QED) is 0.801. The van der Waals surface area contributed by atoms with E-state index in [2.05, 4.69) is 59.6 Å². The van der Waals surface area contributed by atoms with Crippen molar-refractivity contribution in [1.82, 2.24) is 19.9 Å². The fourth-order valence-corrected chi connectivity index (χ4v) is 3.32. The van der Waals surface area contributed by atoms with Gasteiger partial charge in [-0.15, -0.1) is 0 Å². The number of benzene rings is 1. The molecular formula is C18H20N4. The first-order valence-corrected chi connectivity index (χ1v) is 7.82. The molecule has 0 amide bonds. The zero-order valence-corrected chi connectivity index (χ0v) is 13.0. The molecule has 4 heteroatoms. The second kappa shape index (κ2) is 4.92. The Balaban J connectivity index is 1.64. The predicted octanol–water partition coefficient (Wildman–Crippen LogP) is 3.38. The Kier molecular flexibility index (Phi) is 3.01.